The van der Waals surface area contributed by atoms with E-state index in [0.29, 0.717) is 17.9 Å². The van der Waals surface area contributed by atoms with Gasteiger partial charge in [0, 0.05) is 11.5 Å². The van der Waals surface area contributed by atoms with Crippen LogP contribution < -0.4 is 5.43 Å². The fourth-order valence-electron chi connectivity index (χ4n) is 4.12. The van der Waals surface area contributed by atoms with Gasteiger partial charge in [-0.1, -0.05) is 39.5 Å². The van der Waals surface area contributed by atoms with Crippen LogP contribution >= 0.6 is 0 Å². The lowest BCUT2D eigenvalue weighted by Gasteiger charge is -2.16. The van der Waals surface area contributed by atoms with Crippen LogP contribution in [0.5, 0.6) is 0 Å². The lowest BCUT2D eigenvalue weighted by Crippen LogP contribution is -2.34. The van der Waals surface area contributed by atoms with Crippen molar-refractivity contribution in [3.8, 4) is 0 Å². The molecule has 1 amide bonds. The van der Waals surface area contributed by atoms with Crippen molar-refractivity contribution in [2.45, 2.75) is 46.6 Å². The van der Waals surface area contributed by atoms with Crippen molar-refractivity contribution in [3.63, 3.8) is 0 Å². The van der Waals surface area contributed by atoms with Gasteiger partial charge in [0.25, 0.3) is 5.91 Å². The normalized spacial score (nSPS) is 33.8. The summed E-state index contributed by atoms with van der Waals surface area (Å²) in [6.45, 7) is 4.00. The molecule has 3 nitrogen and oxygen atoms in total. The summed E-state index contributed by atoms with van der Waals surface area (Å²) >= 11 is 0. The van der Waals surface area contributed by atoms with E-state index in [-0.39, 0.29) is 19.3 Å². The molecular weight excluding hydrogens is 260 g/mol. The number of hydrogen-bond acceptors (Lipinski definition) is 1. The van der Waals surface area contributed by atoms with E-state index >= 15 is 0 Å². The van der Waals surface area contributed by atoms with Crippen LogP contribution in [0.15, 0.2) is 30.3 Å². The predicted molar refractivity (Wildman–Crippen MR) is 86.2 cm³/mol. The number of hydrazine groups is 1. The number of hydrogen-bond donors (Lipinski definition) is 1. The molecule has 1 aliphatic heterocycles. The molecule has 4 atom stereocenters. The van der Waals surface area contributed by atoms with Crippen LogP contribution in [0.2, 0.25) is 0 Å². The van der Waals surface area contributed by atoms with Gasteiger partial charge >= 0.3 is 0 Å². The Morgan fingerprint density at radius 3 is 2.52 bits per heavy atom. The number of carbonyl (C=O) groups excluding carboxylic acids is 1. The summed E-state index contributed by atoms with van der Waals surface area (Å²) in [5.41, 5.74) is 4.20. The van der Waals surface area contributed by atoms with Gasteiger partial charge in [-0.2, -0.15) is 0 Å². The first-order valence-corrected chi connectivity index (χ1v) is 7.82. The van der Waals surface area contributed by atoms with Gasteiger partial charge in [0.05, 0.1) is 0 Å². The van der Waals surface area contributed by atoms with Gasteiger partial charge in [-0.05, 0) is 37.3 Å². The SMILES string of the molecule is C.CC.O=C1N/[N+](=C\c2ccccc2)C2C1[C@@H]1CC[C@H]2C1. The molecule has 0 radical (unpaired) electrons. The van der Waals surface area contributed by atoms with Crippen molar-refractivity contribution in [3.05, 3.63) is 35.9 Å². The van der Waals surface area contributed by atoms with Gasteiger partial charge < -0.3 is 0 Å². The van der Waals surface area contributed by atoms with Gasteiger partial charge in [0.15, 0.2) is 6.04 Å². The molecule has 2 saturated carbocycles. The van der Waals surface area contributed by atoms with E-state index in [0.717, 1.165) is 5.56 Å². The van der Waals surface area contributed by atoms with Gasteiger partial charge in [-0.15, -0.1) is 10.1 Å². The van der Waals surface area contributed by atoms with Crippen molar-refractivity contribution < 1.29 is 9.48 Å². The lowest BCUT2D eigenvalue weighted by atomic mass is 9.85. The molecule has 3 aliphatic rings. The molecule has 1 saturated heterocycles. The summed E-state index contributed by atoms with van der Waals surface area (Å²) in [6, 6.07) is 10.6. The molecule has 3 heteroatoms. The number of rotatable bonds is 1. The molecule has 4 rings (SSSR count). The van der Waals surface area contributed by atoms with E-state index in [2.05, 4.69) is 28.5 Å². The molecule has 1 aromatic carbocycles. The van der Waals surface area contributed by atoms with E-state index in [4.69, 9.17) is 0 Å². The van der Waals surface area contributed by atoms with Crippen molar-refractivity contribution in [2.24, 2.45) is 17.8 Å². The number of nitrogens with zero attached hydrogens (tertiary/aromatic N) is 1. The fraction of sp³-hybridized carbons (Fsp3) is 0.556. The van der Waals surface area contributed by atoms with E-state index in [1.807, 2.05) is 32.0 Å². The highest BCUT2D eigenvalue weighted by Gasteiger charge is 2.61. The Hall–Kier alpha value is -1.64. The third-order valence-electron chi connectivity index (χ3n) is 4.82. The van der Waals surface area contributed by atoms with Crippen molar-refractivity contribution in [1.29, 1.82) is 0 Å². The van der Waals surface area contributed by atoms with Crippen LogP contribution in [0.3, 0.4) is 0 Å². The van der Waals surface area contributed by atoms with E-state index in [9.17, 15) is 4.79 Å². The summed E-state index contributed by atoms with van der Waals surface area (Å²) < 4.78 is 2.08. The lowest BCUT2D eigenvalue weighted by molar-refractivity contribution is -0.598. The number of nitrogens with one attached hydrogen (secondary N) is 1. The Balaban J connectivity index is 0.000000517. The first-order valence-electron chi connectivity index (χ1n) is 7.82. The molecule has 114 valence electrons. The Kier molecular flexibility index (Phi) is 4.81. The Labute approximate surface area is 128 Å². The molecule has 2 aliphatic carbocycles. The Bertz CT molecular complexity index is 523. The van der Waals surface area contributed by atoms with Gasteiger partial charge in [-0.3, -0.25) is 4.79 Å². The number of fused-ring (bicyclic) bond motifs is 5. The smallest absolute Gasteiger partial charge is 0.269 e. The molecular formula is C18H27N2O+. The second kappa shape index (κ2) is 6.42. The zero-order valence-electron chi connectivity index (χ0n) is 12.3. The van der Waals surface area contributed by atoms with Crippen LogP contribution in [0.1, 0.15) is 46.1 Å². The summed E-state index contributed by atoms with van der Waals surface area (Å²) in [6.07, 6.45) is 5.88. The fourth-order valence-corrected chi connectivity index (χ4v) is 4.12. The average molecular weight is 287 g/mol. The largest absolute Gasteiger partial charge is 0.284 e. The highest BCUT2D eigenvalue weighted by Crippen LogP contribution is 2.51. The molecule has 3 fully saturated rings. The second-order valence-electron chi connectivity index (χ2n) is 5.77. The minimum absolute atomic E-state index is 0. The maximum Gasteiger partial charge on any atom is 0.284 e. The number of amides is 1. The third kappa shape index (κ3) is 2.61. The highest BCUT2D eigenvalue weighted by molar-refractivity contribution is 5.83. The van der Waals surface area contributed by atoms with E-state index in [1.165, 1.54) is 19.3 Å². The zero-order valence-corrected chi connectivity index (χ0v) is 12.3. The maximum atomic E-state index is 12.1. The average Bonchev–Trinajstić information content (AvgIpc) is 3.17. The maximum absolute atomic E-state index is 12.1. The van der Waals surface area contributed by atoms with Gasteiger partial charge in [0.2, 0.25) is 6.21 Å². The Morgan fingerprint density at radius 1 is 1.14 bits per heavy atom. The van der Waals surface area contributed by atoms with Crippen LogP contribution in [0.25, 0.3) is 0 Å². The molecule has 0 spiro atoms. The monoisotopic (exact) mass is 287 g/mol. The van der Waals surface area contributed by atoms with Crippen LogP contribution in [0, 0.1) is 17.8 Å². The molecule has 1 N–H and O–H groups in total. The first kappa shape index (κ1) is 15.7. The van der Waals surface area contributed by atoms with Crippen LogP contribution in [-0.4, -0.2) is 22.8 Å². The Morgan fingerprint density at radius 2 is 1.81 bits per heavy atom. The third-order valence-corrected chi connectivity index (χ3v) is 4.82. The van der Waals surface area contributed by atoms with Crippen molar-refractivity contribution >= 4 is 12.1 Å². The minimum atomic E-state index is 0. The minimum Gasteiger partial charge on any atom is -0.269 e. The van der Waals surface area contributed by atoms with Crippen LogP contribution in [-0.2, 0) is 4.79 Å². The molecule has 21 heavy (non-hydrogen) atoms. The standard InChI is InChI=1S/C15H16N2O.C2H6.CH4/c18-15-13-11-6-7-12(8-11)14(13)17(16-15)9-10-4-2-1-3-5-10;1-2;/h1-5,9,11-14H,6-8H2;1-2H3;1H4/p+1/b17-9-;;/t11-,12+,13?,14?;;/m1../s1. The van der Waals surface area contributed by atoms with E-state index < -0.39 is 0 Å². The summed E-state index contributed by atoms with van der Waals surface area (Å²) in [7, 11) is 0. The molecule has 0 aromatic heterocycles. The number of benzene rings is 1. The van der Waals surface area contributed by atoms with Gasteiger partial charge in [-0.25, -0.2) is 0 Å². The zero-order chi connectivity index (χ0) is 14.1. The first-order chi connectivity index (χ1) is 9.83. The summed E-state index contributed by atoms with van der Waals surface area (Å²) in [5, 5.41) is 0. The molecule has 1 aromatic rings. The highest BCUT2D eigenvalue weighted by atomic mass is 16.2. The van der Waals surface area contributed by atoms with Crippen molar-refractivity contribution in [1.82, 2.24) is 5.43 Å². The molecule has 2 unspecified atom stereocenters. The van der Waals surface area contributed by atoms with Crippen LogP contribution in [0.4, 0.5) is 0 Å². The molecule has 2 bridgehead atoms. The topological polar surface area (TPSA) is 32.1 Å². The molecule has 1 heterocycles. The van der Waals surface area contributed by atoms with Gasteiger partial charge in [0.1, 0.15) is 5.92 Å². The number of hydrazone groups is 1. The summed E-state index contributed by atoms with van der Waals surface area (Å²) in [4.78, 5) is 12.1. The number of carbonyl (C=O) groups is 1. The van der Waals surface area contributed by atoms with Crippen molar-refractivity contribution in [2.75, 3.05) is 0 Å². The van der Waals surface area contributed by atoms with E-state index in [1.54, 1.807) is 0 Å². The summed E-state index contributed by atoms with van der Waals surface area (Å²) in [5.74, 6) is 1.82. The quantitative estimate of drug-likeness (QED) is 0.790. The predicted octanol–water partition coefficient (Wildman–Crippen LogP) is 3.24. The second-order valence-corrected chi connectivity index (χ2v) is 5.77.